The molecule has 7 nitrogen and oxygen atoms in total. The zero-order valence-corrected chi connectivity index (χ0v) is 9.83. The molecule has 1 aliphatic rings. The van der Waals surface area contributed by atoms with Gasteiger partial charge in [0.2, 0.25) is 5.91 Å². The van der Waals surface area contributed by atoms with Crippen LogP contribution in [0.5, 0.6) is 0 Å². The summed E-state index contributed by atoms with van der Waals surface area (Å²) in [6, 6.07) is 0. The van der Waals surface area contributed by atoms with Gasteiger partial charge in [-0.05, 0) is 12.8 Å². The Morgan fingerprint density at radius 1 is 1.61 bits per heavy atom. The van der Waals surface area contributed by atoms with E-state index in [0.717, 1.165) is 12.8 Å². The van der Waals surface area contributed by atoms with E-state index in [2.05, 4.69) is 10.4 Å². The lowest BCUT2D eigenvalue weighted by atomic mass is 10.0. The van der Waals surface area contributed by atoms with Crippen LogP contribution in [0, 0.1) is 5.92 Å². The van der Waals surface area contributed by atoms with Gasteiger partial charge in [-0.15, -0.1) is 0 Å². The Balaban J connectivity index is 1.90. The van der Waals surface area contributed by atoms with E-state index in [-0.39, 0.29) is 18.4 Å². The summed E-state index contributed by atoms with van der Waals surface area (Å²) in [5, 5.41) is 15.2. The average molecular weight is 253 g/mol. The number of aliphatic carboxylic acids is 1. The van der Waals surface area contributed by atoms with Gasteiger partial charge in [0.1, 0.15) is 6.54 Å². The van der Waals surface area contributed by atoms with Crippen molar-refractivity contribution in [1.29, 1.82) is 0 Å². The highest BCUT2D eigenvalue weighted by Gasteiger charge is 2.22. The lowest BCUT2D eigenvalue weighted by Gasteiger charge is -2.20. The smallest absolute Gasteiger partial charge is 0.325 e. The predicted molar refractivity (Wildman–Crippen MR) is 62.0 cm³/mol. The number of hydrogen-bond donors (Lipinski definition) is 2. The van der Waals surface area contributed by atoms with Gasteiger partial charge < -0.3 is 15.2 Å². The van der Waals surface area contributed by atoms with Gasteiger partial charge in [-0.1, -0.05) is 0 Å². The molecule has 0 aliphatic carbocycles. The molecule has 1 aliphatic heterocycles. The van der Waals surface area contributed by atoms with E-state index in [4.69, 9.17) is 9.84 Å². The van der Waals surface area contributed by atoms with Gasteiger partial charge in [-0.25, -0.2) is 0 Å². The van der Waals surface area contributed by atoms with Crippen LogP contribution in [0.15, 0.2) is 12.4 Å². The molecule has 2 heterocycles. The minimum absolute atomic E-state index is 0.107. The number of aromatic nitrogens is 2. The lowest BCUT2D eigenvalue weighted by Crippen LogP contribution is -2.30. The Morgan fingerprint density at radius 3 is 3.11 bits per heavy atom. The summed E-state index contributed by atoms with van der Waals surface area (Å²) in [6.45, 7) is 0.928. The maximum atomic E-state index is 11.9. The first-order valence-corrected chi connectivity index (χ1v) is 5.78. The summed E-state index contributed by atoms with van der Waals surface area (Å²) in [4.78, 5) is 22.3. The number of carbonyl (C=O) groups is 2. The zero-order chi connectivity index (χ0) is 13.0. The van der Waals surface area contributed by atoms with Gasteiger partial charge in [-0.3, -0.25) is 14.3 Å². The van der Waals surface area contributed by atoms with Crippen LogP contribution in [0.25, 0.3) is 0 Å². The monoisotopic (exact) mass is 253 g/mol. The number of ether oxygens (including phenoxy) is 1. The van der Waals surface area contributed by atoms with Gasteiger partial charge in [-0.2, -0.15) is 5.10 Å². The summed E-state index contributed by atoms with van der Waals surface area (Å²) in [7, 11) is 0. The number of amides is 1. The first-order valence-electron chi connectivity index (χ1n) is 5.78. The largest absolute Gasteiger partial charge is 0.480 e. The SMILES string of the molecule is O=C(O)Cn1cc(NC(=O)C2CCCOC2)cn1. The van der Waals surface area contributed by atoms with Crippen molar-refractivity contribution < 1.29 is 19.4 Å². The van der Waals surface area contributed by atoms with Gasteiger partial charge in [0.25, 0.3) is 0 Å². The molecule has 98 valence electrons. The summed E-state index contributed by atoms with van der Waals surface area (Å²) < 4.78 is 6.50. The Morgan fingerprint density at radius 2 is 2.44 bits per heavy atom. The molecule has 1 unspecified atom stereocenters. The fourth-order valence-corrected chi connectivity index (χ4v) is 1.84. The molecular weight excluding hydrogens is 238 g/mol. The Bertz CT molecular complexity index is 437. The highest BCUT2D eigenvalue weighted by molar-refractivity contribution is 5.92. The molecule has 1 amide bonds. The van der Waals surface area contributed by atoms with Crippen molar-refractivity contribution in [2.24, 2.45) is 5.92 Å². The van der Waals surface area contributed by atoms with E-state index in [1.54, 1.807) is 0 Å². The normalized spacial score (nSPS) is 19.4. The quantitative estimate of drug-likeness (QED) is 0.806. The van der Waals surface area contributed by atoms with Crippen LogP contribution in [0.4, 0.5) is 5.69 Å². The minimum Gasteiger partial charge on any atom is -0.480 e. The summed E-state index contributed by atoms with van der Waals surface area (Å²) in [6.07, 6.45) is 4.63. The fourth-order valence-electron chi connectivity index (χ4n) is 1.84. The van der Waals surface area contributed by atoms with Crippen molar-refractivity contribution in [3.8, 4) is 0 Å². The number of anilines is 1. The van der Waals surface area contributed by atoms with Gasteiger partial charge in [0.15, 0.2) is 0 Å². The van der Waals surface area contributed by atoms with Crippen LogP contribution in [-0.4, -0.2) is 40.0 Å². The first-order chi connectivity index (χ1) is 8.65. The second-order valence-corrected chi connectivity index (χ2v) is 4.22. The molecule has 0 radical (unpaired) electrons. The average Bonchev–Trinajstić information content (AvgIpc) is 2.76. The second kappa shape index (κ2) is 5.63. The number of carbonyl (C=O) groups excluding carboxylic acids is 1. The van der Waals surface area contributed by atoms with E-state index in [0.29, 0.717) is 18.9 Å². The fraction of sp³-hybridized carbons (Fsp3) is 0.545. The summed E-state index contributed by atoms with van der Waals surface area (Å²) >= 11 is 0. The molecule has 2 rings (SSSR count). The number of carboxylic acids is 1. The molecule has 2 N–H and O–H groups in total. The van der Waals surface area contributed by atoms with Crippen LogP contribution in [-0.2, 0) is 20.9 Å². The standard InChI is InChI=1S/C11H15N3O4/c15-10(16)6-14-5-9(4-12-14)13-11(17)8-2-1-3-18-7-8/h4-5,8H,1-3,6-7H2,(H,13,17)(H,15,16). The molecule has 1 aromatic rings. The van der Waals surface area contributed by atoms with Crippen molar-refractivity contribution in [3.05, 3.63) is 12.4 Å². The van der Waals surface area contributed by atoms with E-state index in [1.165, 1.54) is 17.1 Å². The maximum absolute atomic E-state index is 11.9. The molecule has 1 aromatic heterocycles. The van der Waals surface area contributed by atoms with Crippen molar-refractivity contribution in [3.63, 3.8) is 0 Å². The molecule has 1 saturated heterocycles. The number of hydrogen-bond acceptors (Lipinski definition) is 4. The topological polar surface area (TPSA) is 93.5 Å². The van der Waals surface area contributed by atoms with Crippen molar-refractivity contribution in [2.75, 3.05) is 18.5 Å². The van der Waals surface area contributed by atoms with Crippen LogP contribution in [0.2, 0.25) is 0 Å². The maximum Gasteiger partial charge on any atom is 0.325 e. The number of nitrogens with one attached hydrogen (secondary N) is 1. The third kappa shape index (κ3) is 3.30. The van der Waals surface area contributed by atoms with Gasteiger partial charge >= 0.3 is 5.97 Å². The molecular formula is C11H15N3O4. The number of nitrogens with zero attached hydrogens (tertiary/aromatic N) is 2. The molecule has 1 atom stereocenters. The van der Waals surface area contributed by atoms with E-state index >= 15 is 0 Å². The van der Waals surface area contributed by atoms with Crippen molar-refractivity contribution in [2.45, 2.75) is 19.4 Å². The number of rotatable bonds is 4. The zero-order valence-electron chi connectivity index (χ0n) is 9.83. The molecule has 0 bridgehead atoms. The Hall–Kier alpha value is -1.89. The van der Waals surface area contributed by atoms with Crippen molar-refractivity contribution in [1.82, 2.24) is 9.78 Å². The van der Waals surface area contributed by atoms with E-state index in [1.807, 2.05) is 0 Å². The van der Waals surface area contributed by atoms with E-state index in [9.17, 15) is 9.59 Å². The lowest BCUT2D eigenvalue weighted by molar-refractivity contribution is -0.137. The molecule has 0 spiro atoms. The van der Waals surface area contributed by atoms with Crippen LogP contribution in [0.1, 0.15) is 12.8 Å². The molecule has 0 aromatic carbocycles. The molecule has 0 saturated carbocycles. The highest BCUT2D eigenvalue weighted by atomic mass is 16.5. The summed E-state index contributed by atoms with van der Waals surface area (Å²) in [5.74, 6) is -1.22. The van der Waals surface area contributed by atoms with Gasteiger partial charge in [0.05, 0.1) is 24.4 Å². The molecule has 7 heteroatoms. The Kier molecular flexibility index (Phi) is 3.93. The molecule has 1 fully saturated rings. The van der Waals surface area contributed by atoms with Crippen LogP contribution in [0.3, 0.4) is 0 Å². The predicted octanol–water partition coefficient (Wildman–Crippen LogP) is 0.333. The van der Waals surface area contributed by atoms with Crippen molar-refractivity contribution >= 4 is 17.6 Å². The summed E-state index contributed by atoms with van der Waals surface area (Å²) in [5.41, 5.74) is 0.506. The van der Waals surface area contributed by atoms with Crippen LogP contribution >= 0.6 is 0 Å². The number of carboxylic acid groups (broad SMARTS) is 1. The third-order valence-electron chi connectivity index (χ3n) is 2.73. The minimum atomic E-state index is -0.975. The van der Waals surface area contributed by atoms with Gasteiger partial charge in [0, 0.05) is 12.8 Å². The van der Waals surface area contributed by atoms with E-state index < -0.39 is 5.97 Å². The second-order valence-electron chi connectivity index (χ2n) is 4.22. The Labute approximate surface area is 104 Å². The third-order valence-corrected chi connectivity index (χ3v) is 2.73. The first kappa shape index (κ1) is 12.6. The highest BCUT2D eigenvalue weighted by Crippen LogP contribution is 2.16. The van der Waals surface area contributed by atoms with Crippen LogP contribution < -0.4 is 5.32 Å². The molecule has 18 heavy (non-hydrogen) atoms.